The average molecular weight is 281 g/mol. The lowest BCUT2D eigenvalue weighted by Gasteiger charge is -2.08. The van der Waals surface area contributed by atoms with Crippen LogP contribution in [0, 0.1) is 0 Å². The Kier molecular flexibility index (Phi) is 2.53. The lowest BCUT2D eigenvalue weighted by Crippen LogP contribution is -1.93. The van der Waals surface area contributed by atoms with E-state index in [1.54, 1.807) is 30.3 Å². The van der Waals surface area contributed by atoms with Crippen LogP contribution in [-0.2, 0) is 0 Å². The minimum absolute atomic E-state index is 0.228. The van der Waals surface area contributed by atoms with Crippen LogP contribution in [0.1, 0.15) is 0 Å². The second kappa shape index (κ2) is 4.52. The first-order valence-electron chi connectivity index (χ1n) is 6.37. The van der Waals surface area contributed by atoms with E-state index in [1.807, 2.05) is 6.07 Å². The minimum atomic E-state index is 0.228. The zero-order chi connectivity index (χ0) is 14.2. The molecule has 2 aromatic carbocycles. The molecule has 1 aliphatic heterocycles. The van der Waals surface area contributed by atoms with Crippen LogP contribution in [0.5, 0.6) is 23.1 Å². The van der Waals surface area contributed by atoms with Crippen molar-refractivity contribution in [3.8, 4) is 23.1 Å². The third kappa shape index (κ3) is 2.06. The van der Waals surface area contributed by atoms with E-state index in [9.17, 15) is 0 Å². The monoisotopic (exact) mass is 281 g/mol. The summed E-state index contributed by atoms with van der Waals surface area (Å²) in [4.78, 5) is 8.37. The molecule has 104 valence electrons. The number of anilines is 1. The average Bonchev–Trinajstić information content (AvgIpc) is 2.95. The number of hydrogen-bond donors (Lipinski definition) is 1. The Hall–Kier alpha value is -3.02. The van der Waals surface area contributed by atoms with Gasteiger partial charge in [0.15, 0.2) is 11.5 Å². The van der Waals surface area contributed by atoms with Crippen LogP contribution in [0.4, 0.5) is 5.69 Å². The van der Waals surface area contributed by atoms with Crippen LogP contribution in [0.25, 0.3) is 10.9 Å². The number of nitrogens with zero attached hydrogens (tertiary/aromatic N) is 2. The maximum absolute atomic E-state index is 5.83. The van der Waals surface area contributed by atoms with Crippen molar-refractivity contribution in [1.82, 2.24) is 9.97 Å². The molecule has 0 saturated heterocycles. The Morgan fingerprint density at radius 3 is 2.86 bits per heavy atom. The lowest BCUT2D eigenvalue weighted by atomic mass is 10.2. The van der Waals surface area contributed by atoms with Crippen molar-refractivity contribution in [2.24, 2.45) is 0 Å². The zero-order valence-corrected chi connectivity index (χ0v) is 10.9. The van der Waals surface area contributed by atoms with Crippen molar-refractivity contribution in [2.45, 2.75) is 0 Å². The summed E-state index contributed by atoms with van der Waals surface area (Å²) in [6.45, 7) is 0.228. The summed E-state index contributed by atoms with van der Waals surface area (Å²) in [5.41, 5.74) is 7.22. The number of nitrogen functional groups attached to an aromatic ring is 1. The van der Waals surface area contributed by atoms with Gasteiger partial charge in [-0.15, -0.1) is 0 Å². The summed E-state index contributed by atoms with van der Waals surface area (Å²) in [5.74, 6) is 2.43. The molecular formula is C15H11N3O3. The van der Waals surface area contributed by atoms with Crippen LogP contribution >= 0.6 is 0 Å². The number of benzene rings is 2. The van der Waals surface area contributed by atoms with Crippen LogP contribution in [-0.4, -0.2) is 16.8 Å². The molecule has 21 heavy (non-hydrogen) atoms. The van der Waals surface area contributed by atoms with Gasteiger partial charge in [-0.1, -0.05) is 0 Å². The van der Waals surface area contributed by atoms with Crippen molar-refractivity contribution >= 4 is 16.6 Å². The molecule has 0 unspecified atom stereocenters. The first kappa shape index (κ1) is 11.8. The fraction of sp³-hybridized carbons (Fsp3) is 0.0667. The number of ether oxygens (including phenoxy) is 3. The number of nitrogens with two attached hydrogens (primary N) is 1. The van der Waals surface area contributed by atoms with Crippen LogP contribution in [0.3, 0.4) is 0 Å². The van der Waals surface area contributed by atoms with Crippen molar-refractivity contribution in [2.75, 3.05) is 12.5 Å². The lowest BCUT2D eigenvalue weighted by molar-refractivity contribution is 0.174. The maximum atomic E-state index is 5.83. The number of rotatable bonds is 2. The third-order valence-corrected chi connectivity index (χ3v) is 3.18. The molecule has 1 aromatic heterocycles. The molecule has 2 heterocycles. The van der Waals surface area contributed by atoms with Gasteiger partial charge in [0.1, 0.15) is 12.1 Å². The van der Waals surface area contributed by atoms with Crippen LogP contribution in [0.15, 0.2) is 42.7 Å². The second-order valence-electron chi connectivity index (χ2n) is 4.57. The van der Waals surface area contributed by atoms with Gasteiger partial charge < -0.3 is 19.9 Å². The van der Waals surface area contributed by atoms with E-state index in [0.29, 0.717) is 28.8 Å². The highest BCUT2D eigenvalue weighted by molar-refractivity contribution is 5.86. The number of fused-ring (bicyclic) bond motifs is 2. The van der Waals surface area contributed by atoms with Gasteiger partial charge in [0.2, 0.25) is 12.7 Å². The van der Waals surface area contributed by atoms with E-state index < -0.39 is 0 Å². The quantitative estimate of drug-likeness (QED) is 0.727. The molecule has 4 rings (SSSR count). The van der Waals surface area contributed by atoms with Crippen molar-refractivity contribution in [3.05, 3.63) is 42.7 Å². The van der Waals surface area contributed by atoms with Crippen LogP contribution in [0.2, 0.25) is 0 Å². The molecule has 2 N–H and O–H groups in total. The third-order valence-electron chi connectivity index (χ3n) is 3.18. The minimum Gasteiger partial charge on any atom is -0.454 e. The van der Waals surface area contributed by atoms with Crippen LogP contribution < -0.4 is 19.9 Å². The van der Waals surface area contributed by atoms with Gasteiger partial charge in [-0.3, -0.25) is 0 Å². The Bertz CT molecular complexity index is 836. The molecule has 6 heteroatoms. The Morgan fingerprint density at radius 2 is 1.90 bits per heavy atom. The summed E-state index contributed by atoms with van der Waals surface area (Å²) < 4.78 is 16.4. The van der Waals surface area contributed by atoms with E-state index >= 15 is 0 Å². The molecule has 3 aromatic rings. The molecular weight excluding hydrogens is 270 g/mol. The molecule has 0 radical (unpaired) electrons. The van der Waals surface area contributed by atoms with E-state index in [4.69, 9.17) is 19.9 Å². The summed E-state index contributed by atoms with van der Waals surface area (Å²) in [6, 6.07) is 10.8. The molecule has 0 fully saturated rings. The molecule has 0 atom stereocenters. The smallest absolute Gasteiger partial charge is 0.231 e. The van der Waals surface area contributed by atoms with E-state index in [2.05, 4.69) is 9.97 Å². The normalized spacial score (nSPS) is 12.6. The second-order valence-corrected chi connectivity index (χ2v) is 4.57. The number of aromatic nitrogens is 2. The standard InChI is InChI=1S/C15H11N3O3/c16-9-1-3-12-11(5-9)15(18-7-17-12)21-10-2-4-13-14(6-10)20-8-19-13/h1-7H,8,16H2. The highest BCUT2D eigenvalue weighted by atomic mass is 16.7. The van der Waals surface area contributed by atoms with Gasteiger partial charge in [-0.05, 0) is 30.3 Å². The Labute approximate surface area is 120 Å². The Balaban J connectivity index is 1.75. The van der Waals surface area contributed by atoms with Gasteiger partial charge >= 0.3 is 0 Å². The molecule has 0 bridgehead atoms. The predicted octanol–water partition coefficient (Wildman–Crippen LogP) is 2.73. The SMILES string of the molecule is Nc1ccc2ncnc(Oc3ccc4c(c3)OCO4)c2c1. The molecule has 1 aliphatic rings. The first-order valence-corrected chi connectivity index (χ1v) is 6.37. The van der Waals surface area contributed by atoms with E-state index in [1.165, 1.54) is 6.33 Å². The molecule has 0 aliphatic carbocycles. The highest BCUT2D eigenvalue weighted by Crippen LogP contribution is 2.37. The van der Waals surface area contributed by atoms with E-state index in [-0.39, 0.29) is 6.79 Å². The van der Waals surface area contributed by atoms with Gasteiger partial charge in [-0.25, -0.2) is 9.97 Å². The molecule has 6 nitrogen and oxygen atoms in total. The van der Waals surface area contributed by atoms with Crippen molar-refractivity contribution in [3.63, 3.8) is 0 Å². The molecule has 0 spiro atoms. The maximum Gasteiger partial charge on any atom is 0.231 e. The van der Waals surface area contributed by atoms with Crippen molar-refractivity contribution in [1.29, 1.82) is 0 Å². The molecule has 0 amide bonds. The van der Waals surface area contributed by atoms with Gasteiger partial charge in [0.05, 0.1) is 10.9 Å². The fourth-order valence-corrected chi connectivity index (χ4v) is 2.18. The number of hydrogen-bond acceptors (Lipinski definition) is 6. The zero-order valence-electron chi connectivity index (χ0n) is 10.9. The summed E-state index contributed by atoms with van der Waals surface area (Å²) in [6.07, 6.45) is 1.46. The topological polar surface area (TPSA) is 79.5 Å². The van der Waals surface area contributed by atoms with Gasteiger partial charge in [0, 0.05) is 11.8 Å². The summed E-state index contributed by atoms with van der Waals surface area (Å²) in [5, 5.41) is 0.759. The largest absolute Gasteiger partial charge is 0.454 e. The van der Waals surface area contributed by atoms with Crippen molar-refractivity contribution < 1.29 is 14.2 Å². The fourth-order valence-electron chi connectivity index (χ4n) is 2.18. The predicted molar refractivity (Wildman–Crippen MR) is 76.6 cm³/mol. The van der Waals surface area contributed by atoms with Gasteiger partial charge in [-0.2, -0.15) is 0 Å². The van der Waals surface area contributed by atoms with E-state index in [0.717, 1.165) is 10.9 Å². The summed E-state index contributed by atoms with van der Waals surface area (Å²) in [7, 11) is 0. The highest BCUT2D eigenvalue weighted by Gasteiger charge is 2.15. The first-order chi connectivity index (χ1) is 10.3. The summed E-state index contributed by atoms with van der Waals surface area (Å²) >= 11 is 0. The molecule has 0 saturated carbocycles. The van der Waals surface area contributed by atoms with Gasteiger partial charge in [0.25, 0.3) is 0 Å². The Morgan fingerprint density at radius 1 is 1.00 bits per heavy atom.